The van der Waals surface area contributed by atoms with E-state index in [1.54, 1.807) is 28.2 Å². The third-order valence-electron chi connectivity index (χ3n) is 12.7. The number of halogens is 2. The Balaban J connectivity index is 0.000000215. The molecule has 3 aliphatic rings. The van der Waals surface area contributed by atoms with E-state index in [1.807, 2.05) is 0 Å². The predicted octanol–water partition coefficient (Wildman–Crippen LogP) is 8.01. The van der Waals surface area contributed by atoms with Gasteiger partial charge >= 0.3 is 99.2 Å². The Kier molecular flexibility index (Phi) is 14.7. The molecule has 0 fully saturated rings. The normalized spacial score (nSPS) is 20.4. The van der Waals surface area contributed by atoms with Crippen molar-refractivity contribution < 1.29 is 49.0 Å². The fourth-order valence-corrected chi connectivity index (χ4v) is 9.69. The van der Waals surface area contributed by atoms with E-state index in [9.17, 15) is 0 Å². The molecule has 0 aromatic heterocycles. The Labute approximate surface area is 360 Å². The quantitative estimate of drug-likeness (QED) is 0.158. The van der Waals surface area contributed by atoms with Gasteiger partial charge in [-0.25, -0.2) is 6.08 Å². The zero-order valence-corrected chi connectivity index (χ0v) is 38.9. The van der Waals surface area contributed by atoms with Crippen LogP contribution in [0.2, 0.25) is 0 Å². The summed E-state index contributed by atoms with van der Waals surface area (Å²) >= 11 is 1.46. The van der Waals surface area contributed by atoms with Crippen LogP contribution in [0.15, 0.2) is 109 Å². The van der Waals surface area contributed by atoms with Crippen LogP contribution in [0.4, 0.5) is 0 Å². The third kappa shape index (κ3) is 8.66. The summed E-state index contributed by atoms with van der Waals surface area (Å²) in [6.45, 7) is 27.9. The molecule has 0 aliphatic heterocycles. The number of rotatable bonds is 2. The Hall–Kier alpha value is -2.96. The van der Waals surface area contributed by atoms with E-state index in [4.69, 9.17) is 0 Å². The number of hydrogen-bond donors (Lipinski definition) is 0. The van der Waals surface area contributed by atoms with E-state index in [-0.39, 0.29) is 24.8 Å². The van der Waals surface area contributed by atoms with Crippen molar-refractivity contribution in [3.8, 4) is 11.1 Å². The van der Waals surface area contributed by atoms with E-state index in [0.717, 1.165) is 0 Å². The van der Waals surface area contributed by atoms with E-state index in [2.05, 4.69) is 192 Å². The standard InChI is InChI=1S/C29H33.C13H10.C10H15.2ClH.Zr/c1-14-13-24-25(18(5)15(14)2)21(8)28-27-20(7)17(4)16(3)19(6)26(27)22-11-9-10-12-23(22)29(24)28;1-3-7-12(8-4-1)11-13-9-5-2-6-10-13;1-8-5-6-9(7-8)10(2,3)4;;;/h9-13,16-17,19,21H,1-8H3;1-10H;6-8H,1-4H3;2*1H;/q-1;;-1;;;+2/p-2. The molecule has 5 aromatic rings. The second-order valence-corrected chi connectivity index (χ2v) is 18.2. The number of fused-ring (bicyclic) bond motifs is 8. The van der Waals surface area contributed by atoms with Crippen LogP contribution in [0, 0.1) is 55.9 Å². The zero-order chi connectivity index (χ0) is 38.4. The average Bonchev–Trinajstić information content (AvgIpc) is 3.73. The maximum absolute atomic E-state index is 3.26. The van der Waals surface area contributed by atoms with Gasteiger partial charge in [-0.2, -0.15) is 23.1 Å². The summed E-state index contributed by atoms with van der Waals surface area (Å²) in [6, 6.07) is 32.8. The first-order chi connectivity index (χ1) is 25.1. The van der Waals surface area contributed by atoms with Crippen LogP contribution < -0.4 is 24.8 Å². The molecule has 0 bridgehead atoms. The van der Waals surface area contributed by atoms with Gasteiger partial charge in [0.25, 0.3) is 0 Å². The van der Waals surface area contributed by atoms with Gasteiger partial charge in [-0.1, -0.05) is 133 Å². The van der Waals surface area contributed by atoms with Crippen molar-refractivity contribution in [3.05, 3.63) is 171 Å². The Morgan fingerprint density at radius 3 is 1.71 bits per heavy atom. The number of allylic oxidation sites excluding steroid dienone is 4. The van der Waals surface area contributed by atoms with Crippen LogP contribution in [-0.4, -0.2) is 3.21 Å². The second-order valence-electron chi connectivity index (χ2n) is 16.9. The molecule has 5 atom stereocenters. The molecule has 0 nitrogen and oxygen atoms in total. The van der Waals surface area contributed by atoms with Crippen LogP contribution in [0.3, 0.4) is 0 Å². The van der Waals surface area contributed by atoms with Crippen LogP contribution in [0.5, 0.6) is 0 Å². The molecule has 3 heteroatoms. The summed E-state index contributed by atoms with van der Waals surface area (Å²) in [4.78, 5) is 0. The van der Waals surface area contributed by atoms with Gasteiger partial charge in [0.15, 0.2) is 0 Å². The topological polar surface area (TPSA) is 0 Å². The molecule has 0 saturated heterocycles. The summed E-state index contributed by atoms with van der Waals surface area (Å²) in [6.07, 6.45) is 7.65. The SMILES string of the molecule is CC1[C-]=CC(C(C)(C)C)=C1.Cc1cc2c(c(C)c1C)C(C)c1c3c(c4ccccc4c1-2)C(C)C(C)C(C)[C-]3C.[Cl-].[Cl-].[Zr+2]=[C](c1ccccc1)c1ccccc1. The van der Waals surface area contributed by atoms with Gasteiger partial charge in [0.05, 0.1) is 0 Å². The molecule has 0 heterocycles. The van der Waals surface area contributed by atoms with Gasteiger partial charge in [0, 0.05) is 0 Å². The first-order valence-electron chi connectivity index (χ1n) is 19.7. The van der Waals surface area contributed by atoms with Crippen molar-refractivity contribution >= 4 is 14.0 Å². The summed E-state index contributed by atoms with van der Waals surface area (Å²) in [5.74, 6) is 4.46. The van der Waals surface area contributed by atoms with Gasteiger partial charge < -0.3 is 24.8 Å². The molecule has 3 aliphatic carbocycles. The van der Waals surface area contributed by atoms with Crippen LogP contribution in [0.25, 0.3) is 21.9 Å². The monoisotopic (exact) mass is 842 g/mol. The molecule has 55 heavy (non-hydrogen) atoms. The Bertz CT molecular complexity index is 2160. The van der Waals surface area contributed by atoms with Crippen molar-refractivity contribution in [2.75, 3.05) is 0 Å². The molecule has 0 N–H and O–H groups in total. The molecule has 0 saturated carbocycles. The maximum atomic E-state index is 3.26. The first kappa shape index (κ1) is 44.8. The summed E-state index contributed by atoms with van der Waals surface area (Å²) in [7, 11) is 0. The third-order valence-corrected chi connectivity index (χ3v) is 14.1. The number of benzene rings is 5. The zero-order valence-electron chi connectivity index (χ0n) is 35.0. The van der Waals surface area contributed by atoms with Crippen LogP contribution in [-0.2, 0) is 24.2 Å². The molecule has 8 rings (SSSR count). The van der Waals surface area contributed by atoms with Gasteiger partial charge in [-0.3, -0.25) is 6.08 Å². The van der Waals surface area contributed by atoms with E-state index < -0.39 is 0 Å². The fourth-order valence-electron chi connectivity index (χ4n) is 8.87. The molecule has 5 aromatic carbocycles. The van der Waals surface area contributed by atoms with Gasteiger partial charge in [-0.05, 0) is 59.9 Å². The molecule has 0 radical (unpaired) electrons. The van der Waals surface area contributed by atoms with Gasteiger partial charge in [0.1, 0.15) is 0 Å². The van der Waals surface area contributed by atoms with Crippen LogP contribution >= 0.6 is 0 Å². The Morgan fingerprint density at radius 1 is 0.691 bits per heavy atom. The molecule has 5 unspecified atom stereocenters. The van der Waals surface area contributed by atoms with Crippen molar-refractivity contribution in [2.24, 2.45) is 23.2 Å². The predicted molar refractivity (Wildman–Crippen MR) is 226 cm³/mol. The summed E-state index contributed by atoms with van der Waals surface area (Å²) in [5.41, 5.74) is 18.1. The molecule has 0 spiro atoms. The number of hydrogen-bond acceptors (Lipinski definition) is 0. The molecular weight excluding hydrogens is 787 g/mol. The molecular formula is C52H58Cl2Zr-2. The average molecular weight is 845 g/mol. The van der Waals surface area contributed by atoms with Crippen molar-refractivity contribution in [2.45, 2.75) is 94.9 Å². The van der Waals surface area contributed by atoms with Crippen molar-refractivity contribution in [1.29, 1.82) is 0 Å². The minimum absolute atomic E-state index is 0. The van der Waals surface area contributed by atoms with Gasteiger partial charge in [-0.15, -0.1) is 11.1 Å². The first-order valence-corrected chi connectivity index (χ1v) is 20.9. The van der Waals surface area contributed by atoms with Crippen LogP contribution in [0.1, 0.15) is 124 Å². The minimum atomic E-state index is 0. The molecule has 0 amide bonds. The van der Waals surface area contributed by atoms with Crippen molar-refractivity contribution in [3.63, 3.8) is 0 Å². The van der Waals surface area contributed by atoms with E-state index >= 15 is 0 Å². The Morgan fingerprint density at radius 2 is 1.22 bits per heavy atom. The second kappa shape index (κ2) is 18.1. The van der Waals surface area contributed by atoms with E-state index in [0.29, 0.717) is 35.0 Å². The number of aryl methyl sites for hydroxylation is 1. The van der Waals surface area contributed by atoms with E-state index in [1.165, 1.54) is 82.7 Å². The summed E-state index contributed by atoms with van der Waals surface area (Å²) in [5, 5.41) is 2.93. The fraction of sp³-hybridized carbons (Fsp3) is 0.346. The molecule has 286 valence electrons. The van der Waals surface area contributed by atoms with Gasteiger partial charge in [0.2, 0.25) is 0 Å². The summed E-state index contributed by atoms with van der Waals surface area (Å²) < 4.78 is 1.42. The van der Waals surface area contributed by atoms with Crippen molar-refractivity contribution in [1.82, 2.24) is 0 Å².